The molecular weight excluding hydrogens is 406 g/mol. The van der Waals surface area contributed by atoms with E-state index in [4.69, 9.17) is 14.2 Å². The van der Waals surface area contributed by atoms with E-state index < -0.39 is 6.10 Å². The molecular formula is C26H31NO5. The van der Waals surface area contributed by atoms with Crippen LogP contribution in [-0.2, 0) is 14.3 Å². The Morgan fingerprint density at radius 1 is 1.09 bits per heavy atom. The van der Waals surface area contributed by atoms with Crippen LogP contribution in [0, 0.1) is 5.92 Å². The Hall–Kier alpha value is -3.02. The molecule has 0 aliphatic heterocycles. The third-order valence-corrected chi connectivity index (χ3v) is 6.40. The van der Waals surface area contributed by atoms with Crippen LogP contribution in [0.2, 0.25) is 0 Å². The predicted molar refractivity (Wildman–Crippen MR) is 123 cm³/mol. The Bertz CT molecular complexity index is 1100. The van der Waals surface area contributed by atoms with Gasteiger partial charge in [-0.05, 0) is 49.9 Å². The minimum atomic E-state index is -0.643. The molecule has 1 aliphatic carbocycles. The van der Waals surface area contributed by atoms with E-state index in [9.17, 15) is 9.59 Å². The number of benzene rings is 1. The van der Waals surface area contributed by atoms with Crippen molar-refractivity contribution in [2.24, 2.45) is 5.92 Å². The average Bonchev–Trinajstić information content (AvgIpc) is 3.16. The maximum absolute atomic E-state index is 12.6. The molecule has 1 unspecified atom stereocenters. The monoisotopic (exact) mass is 437 g/mol. The molecule has 1 atom stereocenters. The molecule has 4 rings (SSSR count). The molecule has 6 heteroatoms. The van der Waals surface area contributed by atoms with Crippen molar-refractivity contribution >= 4 is 28.4 Å². The lowest BCUT2D eigenvalue weighted by Crippen LogP contribution is -2.29. The summed E-state index contributed by atoms with van der Waals surface area (Å²) in [6.45, 7) is 2.11. The number of aromatic nitrogens is 1. The predicted octanol–water partition coefficient (Wildman–Crippen LogP) is 5.55. The van der Waals surface area contributed by atoms with Gasteiger partial charge in [0.1, 0.15) is 5.75 Å². The Kier molecular flexibility index (Phi) is 6.98. The van der Waals surface area contributed by atoms with E-state index in [1.807, 2.05) is 40.9 Å². The summed E-state index contributed by atoms with van der Waals surface area (Å²) >= 11 is 0. The zero-order chi connectivity index (χ0) is 22.5. The van der Waals surface area contributed by atoms with Gasteiger partial charge in [0, 0.05) is 17.6 Å². The lowest BCUT2D eigenvalue weighted by atomic mass is 9.85. The molecule has 0 spiro atoms. The molecule has 1 aromatic carbocycles. The molecule has 2 heterocycles. The standard InChI is InChI=1S/C26H31NO5/c1-3-31-26(29)24-20-14-13-19(17-22(20)27-16-8-7-11-21(24)27)32-23(25(28)30-2)15-12-18-9-5-4-6-10-18/h7-8,11,13-14,16-18,23H,3-6,9-10,12,15H2,1-2H3. The quantitative estimate of drug-likeness (QED) is 0.432. The van der Waals surface area contributed by atoms with E-state index in [-0.39, 0.29) is 11.9 Å². The number of hydrogen-bond donors (Lipinski definition) is 0. The van der Waals surface area contributed by atoms with Crippen LogP contribution in [0.25, 0.3) is 16.4 Å². The van der Waals surface area contributed by atoms with Crippen LogP contribution in [0.5, 0.6) is 5.75 Å². The summed E-state index contributed by atoms with van der Waals surface area (Å²) < 4.78 is 18.4. The van der Waals surface area contributed by atoms with Crippen molar-refractivity contribution in [2.75, 3.05) is 13.7 Å². The van der Waals surface area contributed by atoms with Crippen LogP contribution in [0.3, 0.4) is 0 Å². The van der Waals surface area contributed by atoms with Gasteiger partial charge in [0.2, 0.25) is 0 Å². The van der Waals surface area contributed by atoms with E-state index in [1.165, 1.54) is 39.2 Å². The first kappa shape index (κ1) is 22.2. The second-order valence-corrected chi connectivity index (χ2v) is 8.44. The molecule has 1 saturated carbocycles. The largest absolute Gasteiger partial charge is 0.479 e. The van der Waals surface area contributed by atoms with Crippen LogP contribution >= 0.6 is 0 Å². The molecule has 6 nitrogen and oxygen atoms in total. The second kappa shape index (κ2) is 10.1. The topological polar surface area (TPSA) is 66.2 Å². The Morgan fingerprint density at radius 2 is 1.91 bits per heavy atom. The highest BCUT2D eigenvalue weighted by atomic mass is 16.6. The Labute approximate surface area is 188 Å². The number of fused-ring (bicyclic) bond motifs is 3. The highest BCUT2D eigenvalue weighted by Crippen LogP contribution is 2.32. The number of hydrogen-bond acceptors (Lipinski definition) is 5. The summed E-state index contributed by atoms with van der Waals surface area (Å²) in [6, 6.07) is 11.2. The smallest absolute Gasteiger partial charge is 0.347 e. The summed E-state index contributed by atoms with van der Waals surface area (Å²) in [7, 11) is 1.40. The molecule has 1 fully saturated rings. The molecule has 0 amide bonds. The summed E-state index contributed by atoms with van der Waals surface area (Å²) in [5.41, 5.74) is 2.15. The zero-order valence-electron chi connectivity index (χ0n) is 18.8. The van der Waals surface area contributed by atoms with Gasteiger partial charge in [0.15, 0.2) is 6.10 Å². The van der Waals surface area contributed by atoms with Gasteiger partial charge in [-0.1, -0.05) is 38.2 Å². The van der Waals surface area contributed by atoms with Crippen molar-refractivity contribution in [2.45, 2.75) is 58.0 Å². The molecule has 0 bridgehead atoms. The minimum absolute atomic E-state index is 0.313. The molecule has 0 radical (unpaired) electrons. The van der Waals surface area contributed by atoms with Crippen molar-refractivity contribution in [1.82, 2.24) is 4.40 Å². The van der Waals surface area contributed by atoms with Gasteiger partial charge in [-0.3, -0.25) is 0 Å². The molecule has 3 aromatic rings. The second-order valence-electron chi connectivity index (χ2n) is 8.44. The van der Waals surface area contributed by atoms with E-state index in [1.54, 1.807) is 13.0 Å². The normalized spacial score (nSPS) is 15.6. The van der Waals surface area contributed by atoms with Gasteiger partial charge in [0.25, 0.3) is 0 Å². The first-order chi connectivity index (χ1) is 15.6. The molecule has 32 heavy (non-hydrogen) atoms. The number of rotatable bonds is 8. The van der Waals surface area contributed by atoms with Gasteiger partial charge >= 0.3 is 11.9 Å². The van der Waals surface area contributed by atoms with Gasteiger partial charge in [0.05, 0.1) is 30.3 Å². The van der Waals surface area contributed by atoms with Crippen LogP contribution in [-0.4, -0.2) is 36.2 Å². The van der Waals surface area contributed by atoms with Gasteiger partial charge < -0.3 is 18.6 Å². The fourth-order valence-corrected chi connectivity index (χ4v) is 4.79. The highest BCUT2D eigenvalue weighted by Gasteiger charge is 2.25. The van der Waals surface area contributed by atoms with Crippen molar-refractivity contribution < 1.29 is 23.8 Å². The van der Waals surface area contributed by atoms with Crippen molar-refractivity contribution in [1.29, 1.82) is 0 Å². The molecule has 0 N–H and O–H groups in total. The summed E-state index contributed by atoms with van der Waals surface area (Å²) in [5, 5.41) is 0.791. The SMILES string of the molecule is CCOC(=O)c1c2ccc(OC(CCC3CCCCC3)C(=O)OC)cc2n2ccccc12. The fraction of sp³-hybridized carbons (Fsp3) is 0.462. The molecule has 170 valence electrons. The lowest BCUT2D eigenvalue weighted by Gasteiger charge is -2.24. The average molecular weight is 438 g/mol. The fourth-order valence-electron chi connectivity index (χ4n) is 4.79. The first-order valence-electron chi connectivity index (χ1n) is 11.6. The van der Waals surface area contributed by atoms with Crippen LogP contribution < -0.4 is 4.74 Å². The van der Waals surface area contributed by atoms with Gasteiger partial charge in [-0.15, -0.1) is 0 Å². The van der Waals surface area contributed by atoms with Crippen LogP contribution in [0.4, 0.5) is 0 Å². The van der Waals surface area contributed by atoms with Crippen LogP contribution in [0.1, 0.15) is 62.2 Å². The first-order valence-corrected chi connectivity index (χ1v) is 11.6. The van der Waals surface area contributed by atoms with E-state index in [0.717, 1.165) is 22.8 Å². The number of esters is 2. The minimum Gasteiger partial charge on any atom is -0.479 e. The maximum Gasteiger partial charge on any atom is 0.347 e. The summed E-state index contributed by atoms with van der Waals surface area (Å²) in [5.74, 6) is 0.534. The van der Waals surface area contributed by atoms with Crippen LogP contribution in [0.15, 0.2) is 42.6 Å². The molecule has 2 aromatic heterocycles. The van der Waals surface area contributed by atoms with E-state index in [0.29, 0.717) is 30.3 Å². The number of ether oxygens (including phenoxy) is 3. The Balaban J connectivity index is 1.62. The Morgan fingerprint density at radius 3 is 2.66 bits per heavy atom. The number of pyridine rings is 1. The number of methoxy groups -OCH3 is 1. The highest BCUT2D eigenvalue weighted by molar-refractivity contribution is 6.11. The molecule has 1 aliphatic rings. The van der Waals surface area contributed by atoms with Crippen molar-refractivity contribution in [3.63, 3.8) is 0 Å². The number of nitrogens with zero attached hydrogens (tertiary/aromatic N) is 1. The number of carbonyl (C=O) groups is 2. The van der Waals surface area contributed by atoms with Crippen molar-refractivity contribution in [3.05, 3.63) is 48.2 Å². The third-order valence-electron chi connectivity index (χ3n) is 6.40. The van der Waals surface area contributed by atoms with Gasteiger partial charge in [-0.2, -0.15) is 0 Å². The third kappa shape index (κ3) is 4.59. The van der Waals surface area contributed by atoms with Crippen molar-refractivity contribution in [3.8, 4) is 5.75 Å². The maximum atomic E-state index is 12.6. The van der Waals surface area contributed by atoms with E-state index in [2.05, 4.69) is 0 Å². The number of carbonyl (C=O) groups excluding carboxylic acids is 2. The van der Waals surface area contributed by atoms with E-state index >= 15 is 0 Å². The molecule has 0 saturated heterocycles. The zero-order valence-corrected chi connectivity index (χ0v) is 18.8. The van der Waals surface area contributed by atoms with Gasteiger partial charge in [-0.25, -0.2) is 9.59 Å². The summed E-state index contributed by atoms with van der Waals surface area (Å²) in [4.78, 5) is 25.0. The summed E-state index contributed by atoms with van der Waals surface area (Å²) in [6.07, 6.45) is 9.18. The lowest BCUT2D eigenvalue weighted by molar-refractivity contribution is -0.149.